The van der Waals surface area contributed by atoms with Gasteiger partial charge in [-0.25, -0.2) is 0 Å². The SMILES string of the molecule is COc1c(/C=C/c2ccc(C=O)s2)cc2c3c1CCCN3CCC2. The Morgan fingerprint density at radius 1 is 1.12 bits per heavy atom. The summed E-state index contributed by atoms with van der Waals surface area (Å²) in [6, 6.07) is 6.14. The van der Waals surface area contributed by atoms with Crippen molar-refractivity contribution >= 4 is 35.5 Å². The summed E-state index contributed by atoms with van der Waals surface area (Å²) < 4.78 is 5.80. The Bertz CT molecular complexity index is 804. The third-order valence-electron chi connectivity index (χ3n) is 4.90. The standard InChI is InChI=1S/C20H21NO2S/c1-23-20-15(6-7-16-8-9-17(13-22)24-16)12-14-4-2-10-21-11-3-5-18(20)19(14)21/h6-9,12-13H,2-5,10-11H2,1H3/b7-6+. The van der Waals surface area contributed by atoms with Gasteiger partial charge in [0.2, 0.25) is 0 Å². The van der Waals surface area contributed by atoms with Crippen molar-refractivity contribution in [1.29, 1.82) is 0 Å². The molecule has 0 amide bonds. The van der Waals surface area contributed by atoms with E-state index in [1.54, 1.807) is 7.11 Å². The van der Waals surface area contributed by atoms with Crippen molar-refractivity contribution in [3.63, 3.8) is 0 Å². The van der Waals surface area contributed by atoms with Crippen LogP contribution in [0, 0.1) is 0 Å². The number of thiophene rings is 1. The van der Waals surface area contributed by atoms with Crippen molar-refractivity contribution in [2.75, 3.05) is 25.1 Å². The number of carbonyl (C=O) groups excluding carboxylic acids is 1. The zero-order valence-corrected chi connectivity index (χ0v) is 14.7. The number of hydrogen-bond donors (Lipinski definition) is 0. The highest BCUT2D eigenvalue weighted by atomic mass is 32.1. The molecule has 0 fully saturated rings. The largest absolute Gasteiger partial charge is 0.496 e. The van der Waals surface area contributed by atoms with Gasteiger partial charge in [0.15, 0.2) is 6.29 Å². The fraction of sp³-hybridized carbons (Fsp3) is 0.350. The molecule has 4 heteroatoms. The number of aryl methyl sites for hydroxylation is 1. The molecule has 2 aromatic rings. The Labute approximate surface area is 146 Å². The second-order valence-electron chi connectivity index (χ2n) is 6.37. The predicted octanol–water partition coefficient (Wildman–Crippen LogP) is 4.44. The van der Waals surface area contributed by atoms with Crippen LogP contribution in [0.25, 0.3) is 12.2 Å². The van der Waals surface area contributed by atoms with E-state index in [0.717, 1.165) is 40.2 Å². The summed E-state index contributed by atoms with van der Waals surface area (Å²) in [5, 5.41) is 0. The van der Waals surface area contributed by atoms with E-state index in [4.69, 9.17) is 4.74 Å². The van der Waals surface area contributed by atoms with Crippen LogP contribution < -0.4 is 9.64 Å². The second kappa shape index (κ2) is 6.44. The number of hydrogen-bond acceptors (Lipinski definition) is 4. The average molecular weight is 339 g/mol. The fourth-order valence-corrected chi connectivity index (χ4v) is 4.64. The Kier molecular flexibility index (Phi) is 4.15. The summed E-state index contributed by atoms with van der Waals surface area (Å²) in [5.41, 5.74) is 5.41. The quantitative estimate of drug-likeness (QED) is 0.771. The summed E-state index contributed by atoms with van der Waals surface area (Å²) >= 11 is 1.51. The van der Waals surface area contributed by atoms with Crippen molar-refractivity contribution < 1.29 is 9.53 Å². The van der Waals surface area contributed by atoms with Crippen LogP contribution in [-0.2, 0) is 12.8 Å². The molecule has 0 aliphatic carbocycles. The molecule has 1 aromatic heterocycles. The van der Waals surface area contributed by atoms with E-state index in [-0.39, 0.29) is 0 Å². The molecule has 0 bridgehead atoms. The highest BCUT2D eigenvalue weighted by Gasteiger charge is 2.27. The Balaban J connectivity index is 1.76. The van der Waals surface area contributed by atoms with Gasteiger partial charge in [-0.1, -0.05) is 0 Å². The minimum atomic E-state index is 0.762. The molecule has 0 atom stereocenters. The maximum atomic E-state index is 10.8. The molecule has 124 valence electrons. The van der Waals surface area contributed by atoms with E-state index in [0.29, 0.717) is 0 Å². The maximum Gasteiger partial charge on any atom is 0.160 e. The number of aldehydes is 1. The van der Waals surface area contributed by atoms with Crippen molar-refractivity contribution in [2.45, 2.75) is 25.7 Å². The maximum absolute atomic E-state index is 10.8. The lowest BCUT2D eigenvalue weighted by molar-refractivity contribution is 0.112. The molecular formula is C20H21NO2S. The van der Waals surface area contributed by atoms with E-state index in [1.807, 2.05) is 12.1 Å². The van der Waals surface area contributed by atoms with Crippen LogP contribution in [0.5, 0.6) is 5.75 Å². The van der Waals surface area contributed by atoms with Gasteiger partial charge in [0.05, 0.1) is 12.0 Å². The number of methoxy groups -OCH3 is 1. The topological polar surface area (TPSA) is 29.5 Å². The number of ether oxygens (including phenoxy) is 1. The van der Waals surface area contributed by atoms with Crippen molar-refractivity contribution in [3.8, 4) is 5.75 Å². The first-order valence-electron chi connectivity index (χ1n) is 8.51. The fourth-order valence-electron chi connectivity index (χ4n) is 3.91. The lowest BCUT2D eigenvalue weighted by Gasteiger charge is -2.38. The highest BCUT2D eigenvalue weighted by molar-refractivity contribution is 7.14. The molecule has 3 nitrogen and oxygen atoms in total. The summed E-state index contributed by atoms with van der Waals surface area (Å²) in [4.78, 5) is 15.2. The van der Waals surface area contributed by atoms with Gasteiger partial charge in [0, 0.05) is 34.8 Å². The van der Waals surface area contributed by atoms with Crippen LogP contribution in [0.15, 0.2) is 18.2 Å². The molecular weight excluding hydrogens is 318 g/mol. The second-order valence-corrected chi connectivity index (χ2v) is 7.52. The first-order valence-corrected chi connectivity index (χ1v) is 9.32. The molecule has 0 saturated heterocycles. The van der Waals surface area contributed by atoms with Gasteiger partial charge < -0.3 is 9.64 Å². The zero-order valence-electron chi connectivity index (χ0n) is 13.9. The van der Waals surface area contributed by atoms with Gasteiger partial charge in [0.25, 0.3) is 0 Å². The van der Waals surface area contributed by atoms with Crippen molar-refractivity contribution in [3.05, 3.63) is 44.6 Å². The van der Waals surface area contributed by atoms with E-state index in [1.165, 1.54) is 54.1 Å². The van der Waals surface area contributed by atoms with Gasteiger partial charge in [-0.05, 0) is 61.6 Å². The van der Waals surface area contributed by atoms with E-state index in [2.05, 4.69) is 23.1 Å². The molecule has 4 rings (SSSR count). The van der Waals surface area contributed by atoms with Crippen LogP contribution in [0.1, 0.15) is 44.1 Å². The van der Waals surface area contributed by atoms with Gasteiger partial charge >= 0.3 is 0 Å². The number of carbonyl (C=O) groups is 1. The van der Waals surface area contributed by atoms with Crippen LogP contribution in [0.3, 0.4) is 0 Å². The lowest BCUT2D eigenvalue weighted by atomic mass is 9.89. The molecule has 1 aromatic carbocycles. The first kappa shape index (κ1) is 15.5. The first-order chi connectivity index (χ1) is 11.8. The Hall–Kier alpha value is -2.07. The summed E-state index contributed by atoms with van der Waals surface area (Å²) in [6.07, 6.45) is 9.79. The van der Waals surface area contributed by atoms with Crippen molar-refractivity contribution in [1.82, 2.24) is 0 Å². The molecule has 2 aliphatic heterocycles. The Morgan fingerprint density at radius 3 is 2.67 bits per heavy atom. The van der Waals surface area contributed by atoms with Crippen LogP contribution in [0.2, 0.25) is 0 Å². The van der Waals surface area contributed by atoms with Crippen molar-refractivity contribution in [2.24, 2.45) is 0 Å². The lowest BCUT2D eigenvalue weighted by Crippen LogP contribution is -2.34. The monoisotopic (exact) mass is 339 g/mol. The molecule has 0 saturated carbocycles. The zero-order chi connectivity index (χ0) is 16.5. The molecule has 0 unspecified atom stereocenters. The van der Waals surface area contributed by atoms with Crippen LogP contribution in [-0.4, -0.2) is 26.5 Å². The van der Waals surface area contributed by atoms with E-state index >= 15 is 0 Å². The molecule has 0 radical (unpaired) electrons. The predicted molar refractivity (Wildman–Crippen MR) is 100 cm³/mol. The molecule has 0 spiro atoms. The third kappa shape index (κ3) is 2.65. The Morgan fingerprint density at radius 2 is 1.92 bits per heavy atom. The van der Waals surface area contributed by atoms with Gasteiger partial charge in [0.1, 0.15) is 5.75 Å². The van der Waals surface area contributed by atoms with Gasteiger partial charge in [-0.2, -0.15) is 0 Å². The van der Waals surface area contributed by atoms with E-state index in [9.17, 15) is 4.79 Å². The molecule has 24 heavy (non-hydrogen) atoms. The van der Waals surface area contributed by atoms with Gasteiger partial charge in [-0.15, -0.1) is 11.3 Å². The molecule has 0 N–H and O–H groups in total. The third-order valence-corrected chi connectivity index (χ3v) is 5.87. The summed E-state index contributed by atoms with van der Waals surface area (Å²) in [6.45, 7) is 2.34. The summed E-state index contributed by atoms with van der Waals surface area (Å²) in [7, 11) is 1.77. The number of nitrogens with zero attached hydrogens (tertiary/aromatic N) is 1. The van der Waals surface area contributed by atoms with E-state index < -0.39 is 0 Å². The van der Waals surface area contributed by atoms with Gasteiger partial charge in [-0.3, -0.25) is 4.79 Å². The number of benzene rings is 1. The number of rotatable bonds is 4. The molecule has 2 aliphatic rings. The minimum Gasteiger partial charge on any atom is -0.496 e. The van der Waals surface area contributed by atoms with Crippen LogP contribution >= 0.6 is 11.3 Å². The minimum absolute atomic E-state index is 0.762. The molecule has 3 heterocycles. The summed E-state index contributed by atoms with van der Waals surface area (Å²) in [5.74, 6) is 1.02. The van der Waals surface area contributed by atoms with Crippen LogP contribution in [0.4, 0.5) is 5.69 Å². The number of anilines is 1. The smallest absolute Gasteiger partial charge is 0.160 e. The average Bonchev–Trinajstić information content (AvgIpc) is 3.08. The normalized spacial score (nSPS) is 16.3. The highest BCUT2D eigenvalue weighted by Crippen LogP contribution is 2.43.